The molecule has 1 heterocycles. The molecule has 0 aliphatic carbocycles. The highest BCUT2D eigenvalue weighted by atomic mass is 16.5. The van der Waals surface area contributed by atoms with Crippen LogP contribution in [0.2, 0.25) is 0 Å². The van der Waals surface area contributed by atoms with Crippen LogP contribution in [0, 0.1) is 0 Å². The van der Waals surface area contributed by atoms with Gasteiger partial charge in [0.15, 0.2) is 0 Å². The van der Waals surface area contributed by atoms with Crippen LogP contribution in [0.1, 0.15) is 24.0 Å². The summed E-state index contributed by atoms with van der Waals surface area (Å²) in [6.07, 6.45) is 2.60. The summed E-state index contributed by atoms with van der Waals surface area (Å²) in [4.78, 5) is 14.3. The van der Waals surface area contributed by atoms with Gasteiger partial charge in [0.25, 0.3) is 0 Å². The Kier molecular flexibility index (Phi) is 7.36. The molecular weight excluding hydrogens is 278 g/mol. The fraction of sp³-hybridized carbons (Fsp3) is 0.588. The Labute approximate surface area is 133 Å². The van der Waals surface area contributed by atoms with Crippen molar-refractivity contribution in [3.63, 3.8) is 0 Å². The van der Waals surface area contributed by atoms with Crippen molar-refractivity contribution in [2.24, 2.45) is 0 Å². The number of likely N-dealkylation sites (tertiary alicyclic amines) is 1. The molecule has 1 aliphatic heterocycles. The number of carbonyl (C=O) groups excluding carboxylic acids is 1. The van der Waals surface area contributed by atoms with Crippen LogP contribution < -0.4 is 10.6 Å². The van der Waals surface area contributed by atoms with Crippen LogP contribution in [0.5, 0.6) is 0 Å². The third-order valence-electron chi connectivity index (χ3n) is 3.96. The Morgan fingerprint density at radius 2 is 1.95 bits per heavy atom. The van der Waals surface area contributed by atoms with E-state index in [0.717, 1.165) is 6.54 Å². The summed E-state index contributed by atoms with van der Waals surface area (Å²) in [5, 5.41) is 6.03. The summed E-state index contributed by atoms with van der Waals surface area (Å²) in [6.45, 7) is 5.58. The van der Waals surface area contributed by atoms with Crippen molar-refractivity contribution in [2.75, 3.05) is 39.9 Å². The standard InChI is InChI=1S/C17H27N3O2/c1-22-11-8-18-13-17(21)19-12-15-6-2-3-7-16(15)14-20-9-4-5-10-20/h2-3,6-7,18H,4-5,8-14H2,1H3,(H,19,21). The van der Waals surface area contributed by atoms with Crippen LogP contribution in [-0.2, 0) is 22.6 Å². The number of nitrogens with zero attached hydrogens (tertiary/aromatic N) is 1. The van der Waals surface area contributed by atoms with E-state index in [1.165, 1.54) is 37.1 Å². The van der Waals surface area contributed by atoms with Gasteiger partial charge in [-0.05, 0) is 37.1 Å². The molecule has 1 aliphatic rings. The van der Waals surface area contributed by atoms with Crippen molar-refractivity contribution in [3.05, 3.63) is 35.4 Å². The second-order valence-corrected chi connectivity index (χ2v) is 5.70. The number of benzene rings is 1. The van der Waals surface area contributed by atoms with E-state index >= 15 is 0 Å². The van der Waals surface area contributed by atoms with Crippen LogP contribution >= 0.6 is 0 Å². The largest absolute Gasteiger partial charge is 0.383 e. The number of hydrogen-bond donors (Lipinski definition) is 2. The van der Waals surface area contributed by atoms with Crippen LogP contribution in [0.15, 0.2) is 24.3 Å². The third-order valence-corrected chi connectivity index (χ3v) is 3.96. The van der Waals surface area contributed by atoms with Crippen LogP contribution in [0.3, 0.4) is 0 Å². The normalized spacial score (nSPS) is 15.1. The zero-order chi connectivity index (χ0) is 15.6. The summed E-state index contributed by atoms with van der Waals surface area (Å²) < 4.78 is 4.93. The van der Waals surface area contributed by atoms with Crippen molar-refractivity contribution in [1.82, 2.24) is 15.5 Å². The molecular formula is C17H27N3O2. The highest BCUT2D eigenvalue weighted by Gasteiger charge is 2.13. The second-order valence-electron chi connectivity index (χ2n) is 5.70. The molecule has 22 heavy (non-hydrogen) atoms. The zero-order valence-corrected chi connectivity index (χ0v) is 13.4. The minimum Gasteiger partial charge on any atom is -0.383 e. The topological polar surface area (TPSA) is 53.6 Å². The highest BCUT2D eigenvalue weighted by Crippen LogP contribution is 2.15. The molecule has 0 aromatic heterocycles. The van der Waals surface area contributed by atoms with Crippen molar-refractivity contribution >= 4 is 5.91 Å². The van der Waals surface area contributed by atoms with Crippen LogP contribution in [0.25, 0.3) is 0 Å². The monoisotopic (exact) mass is 305 g/mol. The first-order chi connectivity index (χ1) is 10.8. The Morgan fingerprint density at radius 3 is 2.68 bits per heavy atom. The van der Waals surface area contributed by atoms with Gasteiger partial charge in [0.05, 0.1) is 13.2 Å². The third kappa shape index (κ3) is 5.75. The van der Waals surface area contributed by atoms with Crippen molar-refractivity contribution in [1.29, 1.82) is 0 Å². The van der Waals surface area contributed by atoms with Crippen molar-refractivity contribution in [3.8, 4) is 0 Å². The Balaban J connectivity index is 1.77. The molecule has 0 bridgehead atoms. The van der Waals surface area contributed by atoms with Gasteiger partial charge in [-0.3, -0.25) is 9.69 Å². The molecule has 5 nitrogen and oxygen atoms in total. The molecule has 2 rings (SSSR count). The number of carbonyl (C=O) groups is 1. The summed E-state index contributed by atoms with van der Waals surface area (Å²) in [7, 11) is 1.65. The lowest BCUT2D eigenvalue weighted by Gasteiger charge is -2.17. The van der Waals surface area contributed by atoms with Crippen molar-refractivity contribution < 1.29 is 9.53 Å². The lowest BCUT2D eigenvalue weighted by molar-refractivity contribution is -0.120. The quantitative estimate of drug-likeness (QED) is 0.672. The van der Waals surface area contributed by atoms with E-state index in [1.807, 2.05) is 6.07 Å². The highest BCUT2D eigenvalue weighted by molar-refractivity contribution is 5.78. The number of rotatable bonds is 9. The van der Waals surface area contributed by atoms with Gasteiger partial charge in [0.1, 0.15) is 0 Å². The van der Waals surface area contributed by atoms with E-state index in [0.29, 0.717) is 26.2 Å². The van der Waals surface area contributed by atoms with Crippen molar-refractivity contribution in [2.45, 2.75) is 25.9 Å². The molecule has 0 saturated carbocycles. The smallest absolute Gasteiger partial charge is 0.234 e. The molecule has 1 aromatic rings. The predicted molar refractivity (Wildman–Crippen MR) is 87.5 cm³/mol. The fourth-order valence-electron chi connectivity index (χ4n) is 2.70. The molecule has 0 spiro atoms. The van der Waals surface area contributed by atoms with Gasteiger partial charge in [-0.15, -0.1) is 0 Å². The average Bonchev–Trinajstić information content (AvgIpc) is 3.04. The summed E-state index contributed by atoms with van der Waals surface area (Å²) >= 11 is 0. The van der Waals surface area contributed by atoms with E-state index in [9.17, 15) is 4.79 Å². The minimum atomic E-state index is 0.0204. The van der Waals surface area contributed by atoms with E-state index < -0.39 is 0 Å². The Bertz CT molecular complexity index is 459. The zero-order valence-electron chi connectivity index (χ0n) is 13.4. The van der Waals surface area contributed by atoms with Gasteiger partial charge in [-0.25, -0.2) is 0 Å². The van der Waals surface area contributed by atoms with E-state index in [4.69, 9.17) is 4.74 Å². The Morgan fingerprint density at radius 1 is 1.23 bits per heavy atom. The first-order valence-corrected chi connectivity index (χ1v) is 8.05. The van der Waals surface area contributed by atoms with Crippen LogP contribution in [-0.4, -0.2) is 50.7 Å². The molecule has 0 unspecified atom stereocenters. The fourth-order valence-corrected chi connectivity index (χ4v) is 2.70. The van der Waals surface area contributed by atoms with E-state index in [-0.39, 0.29) is 5.91 Å². The molecule has 1 fully saturated rings. The molecule has 2 N–H and O–H groups in total. The van der Waals surface area contributed by atoms with Gasteiger partial charge >= 0.3 is 0 Å². The van der Waals surface area contributed by atoms with E-state index in [1.54, 1.807) is 7.11 Å². The number of amides is 1. The first kappa shape index (κ1) is 16.9. The van der Waals surface area contributed by atoms with Gasteiger partial charge in [-0.2, -0.15) is 0 Å². The number of nitrogens with one attached hydrogen (secondary N) is 2. The number of ether oxygens (including phenoxy) is 1. The number of methoxy groups -OCH3 is 1. The molecule has 0 radical (unpaired) electrons. The van der Waals surface area contributed by atoms with E-state index in [2.05, 4.69) is 33.7 Å². The van der Waals surface area contributed by atoms with Gasteiger partial charge in [-0.1, -0.05) is 24.3 Å². The SMILES string of the molecule is COCCNCC(=O)NCc1ccccc1CN1CCCC1. The number of hydrogen-bond acceptors (Lipinski definition) is 4. The lowest BCUT2D eigenvalue weighted by atomic mass is 10.1. The van der Waals surface area contributed by atoms with Crippen LogP contribution in [0.4, 0.5) is 0 Å². The average molecular weight is 305 g/mol. The van der Waals surface area contributed by atoms with Gasteiger partial charge < -0.3 is 15.4 Å². The molecule has 1 amide bonds. The molecule has 122 valence electrons. The maximum absolute atomic E-state index is 11.8. The van der Waals surface area contributed by atoms with Gasteiger partial charge in [0, 0.05) is 26.7 Å². The maximum atomic E-state index is 11.8. The molecule has 0 atom stereocenters. The Hall–Kier alpha value is -1.43. The lowest BCUT2D eigenvalue weighted by Crippen LogP contribution is -2.35. The molecule has 1 saturated heterocycles. The summed E-state index contributed by atoms with van der Waals surface area (Å²) in [5.74, 6) is 0.0204. The minimum absolute atomic E-state index is 0.0204. The summed E-state index contributed by atoms with van der Waals surface area (Å²) in [6, 6.07) is 8.37. The molecule has 5 heteroatoms. The first-order valence-electron chi connectivity index (χ1n) is 8.05. The van der Waals surface area contributed by atoms with Gasteiger partial charge in [0.2, 0.25) is 5.91 Å². The maximum Gasteiger partial charge on any atom is 0.234 e. The predicted octanol–water partition coefficient (Wildman–Crippen LogP) is 1.13. The second kappa shape index (κ2) is 9.56. The summed E-state index contributed by atoms with van der Waals surface area (Å²) in [5.41, 5.74) is 2.52. The molecule has 1 aromatic carbocycles.